The third-order valence-electron chi connectivity index (χ3n) is 5.24. The molecule has 0 spiro atoms. The van der Waals surface area contributed by atoms with Crippen LogP contribution in [0.3, 0.4) is 0 Å². The molecule has 1 atom stereocenters. The Morgan fingerprint density at radius 2 is 2.08 bits per heavy atom. The molecule has 0 unspecified atom stereocenters. The number of piperazine rings is 1. The average Bonchev–Trinajstić information content (AvgIpc) is 3.05. The van der Waals surface area contributed by atoms with Gasteiger partial charge in [0.2, 0.25) is 0 Å². The molecule has 2 aliphatic heterocycles. The summed E-state index contributed by atoms with van der Waals surface area (Å²) in [6, 6.07) is 4.29. The third-order valence-corrected chi connectivity index (χ3v) is 5.24. The van der Waals surface area contributed by atoms with E-state index >= 15 is 0 Å². The first-order valence-corrected chi connectivity index (χ1v) is 8.76. The maximum absolute atomic E-state index is 13.0. The number of likely N-dealkylation sites (N-methyl/N-ethyl adjacent to an activating group) is 1. The zero-order valence-corrected chi connectivity index (χ0v) is 15.2. The lowest BCUT2D eigenvalue weighted by Gasteiger charge is -2.47. The third kappa shape index (κ3) is 2.59. The van der Waals surface area contributed by atoms with Crippen LogP contribution < -0.4 is 9.80 Å². The van der Waals surface area contributed by atoms with Crippen molar-refractivity contribution in [2.75, 3.05) is 36.5 Å². The molecule has 1 saturated heterocycles. The highest BCUT2D eigenvalue weighted by Gasteiger charge is 2.41. The minimum Gasteiger partial charge on any atom is -0.340 e. The Hall–Kier alpha value is -2.41. The van der Waals surface area contributed by atoms with Gasteiger partial charge in [-0.05, 0) is 32.9 Å². The predicted octanol–water partition coefficient (Wildman–Crippen LogP) is 1.66. The Labute approximate surface area is 147 Å². The Balaban J connectivity index is 1.72. The van der Waals surface area contributed by atoms with E-state index in [9.17, 15) is 4.79 Å². The van der Waals surface area contributed by atoms with E-state index in [1.54, 1.807) is 4.90 Å². The second-order valence-electron chi connectivity index (χ2n) is 7.20. The molecule has 1 amide bonds. The van der Waals surface area contributed by atoms with Gasteiger partial charge >= 0.3 is 0 Å². The minimum absolute atomic E-state index is 0.134. The van der Waals surface area contributed by atoms with E-state index in [1.807, 2.05) is 32.3 Å². The molecule has 0 saturated carbocycles. The van der Waals surface area contributed by atoms with E-state index in [1.165, 1.54) is 0 Å². The monoisotopic (exact) mass is 340 g/mol. The van der Waals surface area contributed by atoms with Crippen LogP contribution in [0.25, 0.3) is 11.3 Å². The molecule has 132 valence electrons. The van der Waals surface area contributed by atoms with Crippen LogP contribution in [0.5, 0.6) is 0 Å². The van der Waals surface area contributed by atoms with Gasteiger partial charge in [-0.2, -0.15) is 5.10 Å². The molecular weight excluding hydrogens is 316 g/mol. The van der Waals surface area contributed by atoms with E-state index in [2.05, 4.69) is 33.8 Å². The van der Waals surface area contributed by atoms with Gasteiger partial charge in [-0.15, -0.1) is 0 Å². The molecule has 2 aromatic heterocycles. The Morgan fingerprint density at radius 1 is 1.28 bits per heavy atom. The molecule has 1 N–H and O–H groups in total. The van der Waals surface area contributed by atoms with Crippen LogP contribution >= 0.6 is 0 Å². The highest BCUT2D eigenvalue weighted by molar-refractivity contribution is 6.05. The topological polar surface area (TPSA) is 68.4 Å². The van der Waals surface area contributed by atoms with E-state index in [0.717, 1.165) is 48.1 Å². The summed E-state index contributed by atoms with van der Waals surface area (Å²) in [5.74, 6) is 1.03. The highest BCUT2D eigenvalue weighted by Crippen LogP contribution is 2.37. The molecule has 0 bridgehead atoms. The molecular formula is C18H24N6O. The summed E-state index contributed by atoms with van der Waals surface area (Å²) < 4.78 is 0. The SMILES string of the molecule is Cc1cc(-c2cnc3c(c2)N(C)C(=O)[C@@H]2CN(C(C)C)CCN32)n[nH]1. The summed E-state index contributed by atoms with van der Waals surface area (Å²) in [5, 5.41) is 7.25. The first kappa shape index (κ1) is 16.1. The number of fused-ring (bicyclic) bond motifs is 3. The average molecular weight is 340 g/mol. The fraction of sp³-hybridized carbons (Fsp3) is 0.500. The summed E-state index contributed by atoms with van der Waals surface area (Å²) in [7, 11) is 1.84. The molecule has 0 radical (unpaired) electrons. The Bertz CT molecular complexity index is 814. The minimum atomic E-state index is -0.153. The fourth-order valence-electron chi connectivity index (χ4n) is 3.70. The van der Waals surface area contributed by atoms with Gasteiger partial charge in [0.1, 0.15) is 6.04 Å². The number of pyridine rings is 1. The molecule has 25 heavy (non-hydrogen) atoms. The van der Waals surface area contributed by atoms with E-state index in [-0.39, 0.29) is 11.9 Å². The van der Waals surface area contributed by atoms with Crippen molar-refractivity contribution >= 4 is 17.4 Å². The van der Waals surface area contributed by atoms with Gasteiger partial charge in [-0.25, -0.2) is 4.98 Å². The van der Waals surface area contributed by atoms with Gasteiger partial charge in [0.05, 0.1) is 11.4 Å². The van der Waals surface area contributed by atoms with Crippen molar-refractivity contribution in [3.05, 3.63) is 24.0 Å². The molecule has 7 heteroatoms. The van der Waals surface area contributed by atoms with Gasteiger partial charge in [0, 0.05) is 50.2 Å². The number of aromatic nitrogens is 3. The van der Waals surface area contributed by atoms with Crippen molar-refractivity contribution in [2.24, 2.45) is 0 Å². The van der Waals surface area contributed by atoms with Gasteiger partial charge in [-0.1, -0.05) is 0 Å². The Morgan fingerprint density at radius 3 is 2.76 bits per heavy atom. The quantitative estimate of drug-likeness (QED) is 0.900. The van der Waals surface area contributed by atoms with Crippen molar-refractivity contribution < 1.29 is 4.79 Å². The highest BCUT2D eigenvalue weighted by atomic mass is 16.2. The van der Waals surface area contributed by atoms with Crippen LogP contribution in [0.4, 0.5) is 11.5 Å². The number of amides is 1. The number of aryl methyl sites for hydroxylation is 1. The van der Waals surface area contributed by atoms with Crippen molar-refractivity contribution in [3.8, 4) is 11.3 Å². The first-order chi connectivity index (χ1) is 12.0. The van der Waals surface area contributed by atoms with Crippen molar-refractivity contribution in [1.29, 1.82) is 0 Å². The van der Waals surface area contributed by atoms with Crippen molar-refractivity contribution in [2.45, 2.75) is 32.9 Å². The van der Waals surface area contributed by atoms with E-state index < -0.39 is 0 Å². The van der Waals surface area contributed by atoms with Crippen LogP contribution in [0.1, 0.15) is 19.5 Å². The van der Waals surface area contributed by atoms with Crippen LogP contribution in [0, 0.1) is 6.92 Å². The lowest BCUT2D eigenvalue weighted by molar-refractivity contribution is -0.121. The number of hydrogen-bond donors (Lipinski definition) is 1. The number of hydrogen-bond acceptors (Lipinski definition) is 5. The van der Waals surface area contributed by atoms with Gasteiger partial charge in [0.15, 0.2) is 5.82 Å². The van der Waals surface area contributed by atoms with E-state index in [0.29, 0.717) is 6.04 Å². The van der Waals surface area contributed by atoms with Crippen molar-refractivity contribution in [1.82, 2.24) is 20.1 Å². The molecule has 4 rings (SSSR count). The second-order valence-corrected chi connectivity index (χ2v) is 7.20. The normalized spacial score (nSPS) is 20.8. The first-order valence-electron chi connectivity index (χ1n) is 8.76. The molecule has 2 aromatic rings. The maximum atomic E-state index is 13.0. The molecule has 0 aromatic carbocycles. The number of aromatic amines is 1. The van der Waals surface area contributed by atoms with Crippen LogP contribution in [-0.2, 0) is 4.79 Å². The standard InChI is InChI=1S/C18H24N6O/c1-11(2)23-5-6-24-16(10-23)18(25)22(4)15-8-13(9-19-17(15)24)14-7-12(3)20-21-14/h7-9,11,16H,5-6,10H2,1-4H3,(H,20,21)/t16-/m0/s1. The van der Waals surface area contributed by atoms with Gasteiger partial charge < -0.3 is 9.80 Å². The molecule has 1 fully saturated rings. The number of carbonyl (C=O) groups excluding carboxylic acids is 1. The molecule has 0 aliphatic carbocycles. The number of H-pyrrole nitrogens is 1. The largest absolute Gasteiger partial charge is 0.340 e. The summed E-state index contributed by atoms with van der Waals surface area (Å²) >= 11 is 0. The second kappa shape index (κ2) is 5.84. The molecule has 4 heterocycles. The summed E-state index contributed by atoms with van der Waals surface area (Å²) in [5.41, 5.74) is 3.63. The van der Waals surface area contributed by atoms with Crippen LogP contribution in [-0.4, -0.2) is 64.8 Å². The van der Waals surface area contributed by atoms with Crippen molar-refractivity contribution in [3.63, 3.8) is 0 Å². The number of carbonyl (C=O) groups is 1. The smallest absolute Gasteiger partial charge is 0.250 e. The van der Waals surface area contributed by atoms with E-state index in [4.69, 9.17) is 4.98 Å². The lowest BCUT2D eigenvalue weighted by Crippen LogP contribution is -2.63. The van der Waals surface area contributed by atoms with Crippen LogP contribution in [0.2, 0.25) is 0 Å². The lowest BCUT2D eigenvalue weighted by atomic mass is 10.0. The number of nitrogens with zero attached hydrogens (tertiary/aromatic N) is 5. The zero-order chi connectivity index (χ0) is 17.7. The van der Waals surface area contributed by atoms with Crippen LogP contribution in [0.15, 0.2) is 18.3 Å². The maximum Gasteiger partial charge on any atom is 0.250 e. The Kier molecular flexibility index (Phi) is 3.76. The predicted molar refractivity (Wildman–Crippen MR) is 97.8 cm³/mol. The number of anilines is 2. The summed E-state index contributed by atoms with van der Waals surface area (Å²) in [4.78, 5) is 23.9. The summed E-state index contributed by atoms with van der Waals surface area (Å²) in [6.45, 7) is 8.85. The number of rotatable bonds is 2. The molecule has 2 aliphatic rings. The number of nitrogens with one attached hydrogen (secondary N) is 1. The van der Waals surface area contributed by atoms with Gasteiger partial charge in [0.25, 0.3) is 5.91 Å². The molecule has 7 nitrogen and oxygen atoms in total. The summed E-state index contributed by atoms with van der Waals surface area (Å²) in [6.07, 6.45) is 1.85. The van der Waals surface area contributed by atoms with Gasteiger partial charge in [-0.3, -0.25) is 14.8 Å². The fourth-order valence-corrected chi connectivity index (χ4v) is 3.70. The zero-order valence-electron chi connectivity index (χ0n) is 15.2.